The van der Waals surface area contributed by atoms with E-state index in [0.29, 0.717) is 12.8 Å². The molecule has 32 heavy (non-hydrogen) atoms. The van der Waals surface area contributed by atoms with Crippen LogP contribution in [0.3, 0.4) is 0 Å². The predicted molar refractivity (Wildman–Crippen MR) is 126 cm³/mol. The van der Waals surface area contributed by atoms with E-state index >= 15 is 0 Å². The van der Waals surface area contributed by atoms with Crippen LogP contribution in [0.15, 0.2) is 48.6 Å². The number of hydrogen-bond acceptors (Lipinski definition) is 6. The molecule has 0 aliphatic rings. The maximum atomic E-state index is 12.8. The molecule has 9 heteroatoms. The van der Waals surface area contributed by atoms with Gasteiger partial charge in [-0.1, -0.05) is 61.4 Å². The van der Waals surface area contributed by atoms with Crippen LogP contribution in [-0.2, 0) is 19.4 Å². The Bertz CT molecular complexity index is 915. The Morgan fingerprint density at radius 2 is 1.91 bits per heavy atom. The fourth-order valence-corrected chi connectivity index (χ4v) is 5.58. The summed E-state index contributed by atoms with van der Waals surface area (Å²) in [6, 6.07) is 9.48. The Kier molecular flexibility index (Phi) is 10.8. The SMILES string of the molecule is C=C(C)C[C@H](CC(CCC)(C(=O)NN)S(C)(=O)=O)[C@H](C/C=C/c1ccccc1)C(=O)NO. The average Bonchev–Trinajstić information content (AvgIpc) is 2.74. The molecule has 0 saturated heterocycles. The molecule has 0 aliphatic carbocycles. The van der Waals surface area contributed by atoms with Gasteiger partial charge in [-0.25, -0.2) is 19.7 Å². The summed E-state index contributed by atoms with van der Waals surface area (Å²) in [6.45, 7) is 7.45. The number of hydrazine groups is 1. The lowest BCUT2D eigenvalue weighted by Crippen LogP contribution is -2.55. The van der Waals surface area contributed by atoms with Gasteiger partial charge in [-0.3, -0.25) is 20.2 Å². The number of amides is 2. The van der Waals surface area contributed by atoms with Crippen LogP contribution >= 0.6 is 0 Å². The fraction of sp³-hybridized carbons (Fsp3) is 0.478. The van der Waals surface area contributed by atoms with Crippen LogP contribution in [0.1, 0.15) is 51.5 Å². The Morgan fingerprint density at radius 3 is 2.38 bits per heavy atom. The van der Waals surface area contributed by atoms with E-state index < -0.39 is 38.2 Å². The third-order valence-corrected chi connectivity index (χ3v) is 7.60. The molecule has 1 unspecified atom stereocenters. The van der Waals surface area contributed by atoms with Gasteiger partial charge in [0.1, 0.15) is 0 Å². The number of benzene rings is 1. The molecule has 0 aromatic heterocycles. The molecule has 178 valence electrons. The molecule has 1 rings (SSSR count). The molecular formula is C23H35N3O5S. The second-order valence-corrected chi connectivity index (χ2v) is 10.6. The molecule has 0 bridgehead atoms. The van der Waals surface area contributed by atoms with E-state index in [2.05, 4.69) is 6.58 Å². The van der Waals surface area contributed by atoms with E-state index in [-0.39, 0.29) is 19.3 Å². The lowest BCUT2D eigenvalue weighted by molar-refractivity contribution is -0.136. The third-order valence-electron chi connectivity index (χ3n) is 5.63. The van der Waals surface area contributed by atoms with Gasteiger partial charge in [0.05, 0.1) is 0 Å². The number of carbonyl (C=O) groups is 2. The Morgan fingerprint density at radius 1 is 1.28 bits per heavy atom. The quantitative estimate of drug-likeness (QED) is 0.116. The number of hydrogen-bond donors (Lipinski definition) is 4. The molecule has 0 spiro atoms. The Hall–Kier alpha value is -2.49. The fourth-order valence-electron chi connectivity index (χ4n) is 4.09. The summed E-state index contributed by atoms with van der Waals surface area (Å²) in [5, 5.41) is 9.36. The number of sulfone groups is 1. The summed E-state index contributed by atoms with van der Waals surface area (Å²) in [4.78, 5) is 25.4. The third kappa shape index (κ3) is 7.29. The van der Waals surface area contributed by atoms with Crippen LogP contribution in [0, 0.1) is 11.8 Å². The van der Waals surface area contributed by atoms with Gasteiger partial charge in [-0.05, 0) is 44.1 Å². The lowest BCUT2D eigenvalue weighted by atomic mass is 9.77. The average molecular weight is 466 g/mol. The van der Waals surface area contributed by atoms with Gasteiger partial charge in [-0.2, -0.15) is 0 Å². The van der Waals surface area contributed by atoms with Crippen LogP contribution in [-0.4, -0.2) is 36.4 Å². The van der Waals surface area contributed by atoms with Crippen molar-refractivity contribution < 1.29 is 23.2 Å². The van der Waals surface area contributed by atoms with Gasteiger partial charge in [0.25, 0.3) is 5.91 Å². The normalized spacial score (nSPS) is 15.5. The van der Waals surface area contributed by atoms with Crippen molar-refractivity contribution in [1.82, 2.24) is 10.9 Å². The number of carbonyl (C=O) groups excluding carboxylic acids is 2. The summed E-state index contributed by atoms with van der Waals surface area (Å²) < 4.78 is 23.8. The van der Waals surface area contributed by atoms with E-state index in [9.17, 15) is 23.2 Å². The molecule has 5 N–H and O–H groups in total. The first-order chi connectivity index (χ1) is 15.0. The second kappa shape index (κ2) is 12.5. The molecule has 3 atom stereocenters. The monoisotopic (exact) mass is 465 g/mol. The van der Waals surface area contributed by atoms with Crippen molar-refractivity contribution >= 4 is 27.7 Å². The van der Waals surface area contributed by atoms with Crippen molar-refractivity contribution in [3.05, 3.63) is 54.1 Å². The van der Waals surface area contributed by atoms with E-state index in [1.54, 1.807) is 25.4 Å². The zero-order valence-corrected chi connectivity index (χ0v) is 19.8. The largest absolute Gasteiger partial charge is 0.293 e. The standard InChI is InChI=1S/C23H35N3O5S/c1-5-14-23(22(28)25-24,32(4,30)31)16-19(15-17(2)3)20(21(27)26-29)13-9-12-18-10-7-6-8-11-18/h6-12,19-20,29H,2,5,13-16,24H2,1,3-4H3,(H,25,28)(H,26,27)/b12-9+/t19-,20+,23?/m1/s1. The van der Waals surface area contributed by atoms with Crippen LogP contribution in [0.4, 0.5) is 0 Å². The predicted octanol–water partition coefficient (Wildman–Crippen LogP) is 2.76. The zero-order valence-electron chi connectivity index (χ0n) is 19.0. The van der Waals surface area contributed by atoms with E-state index in [0.717, 1.165) is 17.4 Å². The summed E-state index contributed by atoms with van der Waals surface area (Å²) >= 11 is 0. The van der Waals surface area contributed by atoms with E-state index in [1.165, 1.54) is 0 Å². The molecule has 0 heterocycles. The van der Waals surface area contributed by atoms with E-state index in [1.807, 2.05) is 41.8 Å². The van der Waals surface area contributed by atoms with Crippen LogP contribution in [0.2, 0.25) is 0 Å². The highest BCUT2D eigenvalue weighted by atomic mass is 32.2. The summed E-state index contributed by atoms with van der Waals surface area (Å²) in [5.41, 5.74) is 5.35. The number of rotatable bonds is 13. The highest BCUT2D eigenvalue weighted by molar-refractivity contribution is 7.92. The van der Waals surface area contributed by atoms with Gasteiger partial charge in [-0.15, -0.1) is 6.58 Å². The van der Waals surface area contributed by atoms with Crippen molar-refractivity contribution in [1.29, 1.82) is 0 Å². The number of nitrogens with one attached hydrogen (secondary N) is 2. The second-order valence-electron chi connectivity index (χ2n) is 8.25. The van der Waals surface area contributed by atoms with Crippen LogP contribution in [0.25, 0.3) is 6.08 Å². The summed E-state index contributed by atoms with van der Waals surface area (Å²) in [7, 11) is -3.89. The highest BCUT2D eigenvalue weighted by Gasteiger charge is 2.50. The van der Waals surface area contributed by atoms with Gasteiger partial charge < -0.3 is 0 Å². The molecular weight excluding hydrogens is 430 g/mol. The Balaban J connectivity index is 3.42. The van der Waals surface area contributed by atoms with Crippen molar-refractivity contribution in [2.45, 2.75) is 50.7 Å². The minimum absolute atomic E-state index is 0.0505. The van der Waals surface area contributed by atoms with Gasteiger partial charge in [0.15, 0.2) is 14.6 Å². The number of nitrogens with two attached hydrogens (primary N) is 1. The first-order valence-corrected chi connectivity index (χ1v) is 12.4. The van der Waals surface area contributed by atoms with Crippen LogP contribution in [0.5, 0.6) is 0 Å². The molecule has 0 fully saturated rings. The molecule has 2 amide bonds. The van der Waals surface area contributed by atoms with Gasteiger partial charge >= 0.3 is 0 Å². The van der Waals surface area contributed by atoms with Crippen molar-refractivity contribution in [3.63, 3.8) is 0 Å². The Labute approximate surface area is 190 Å². The molecule has 0 saturated carbocycles. The highest BCUT2D eigenvalue weighted by Crippen LogP contribution is 2.38. The smallest absolute Gasteiger partial charge is 0.255 e. The lowest BCUT2D eigenvalue weighted by Gasteiger charge is -2.36. The maximum Gasteiger partial charge on any atom is 0.255 e. The molecule has 0 aliphatic heterocycles. The first kappa shape index (κ1) is 27.5. The molecule has 1 aromatic rings. The summed E-state index contributed by atoms with van der Waals surface area (Å²) in [5.74, 6) is 2.52. The molecule has 8 nitrogen and oxygen atoms in total. The zero-order chi connectivity index (χ0) is 24.4. The van der Waals surface area contributed by atoms with Crippen LogP contribution < -0.4 is 16.7 Å². The summed E-state index contributed by atoms with van der Waals surface area (Å²) in [6.07, 6.45) is 5.52. The minimum atomic E-state index is -3.89. The van der Waals surface area contributed by atoms with Gasteiger partial charge in [0.2, 0.25) is 5.91 Å². The first-order valence-electron chi connectivity index (χ1n) is 10.5. The maximum absolute atomic E-state index is 12.8. The number of hydroxylamine groups is 1. The van der Waals surface area contributed by atoms with Crippen molar-refractivity contribution in [2.24, 2.45) is 17.7 Å². The van der Waals surface area contributed by atoms with Crippen molar-refractivity contribution in [3.8, 4) is 0 Å². The molecule has 0 radical (unpaired) electrons. The molecule has 1 aromatic carbocycles. The number of allylic oxidation sites excluding steroid dienone is 2. The minimum Gasteiger partial charge on any atom is -0.293 e. The van der Waals surface area contributed by atoms with Crippen molar-refractivity contribution in [2.75, 3.05) is 6.26 Å². The topological polar surface area (TPSA) is 139 Å². The van der Waals surface area contributed by atoms with E-state index in [4.69, 9.17) is 5.84 Å². The van der Waals surface area contributed by atoms with Gasteiger partial charge in [0, 0.05) is 12.2 Å².